The van der Waals surface area contributed by atoms with Gasteiger partial charge in [0.05, 0.1) is 15.6 Å². The Labute approximate surface area is 111 Å². The largest absolute Gasteiger partial charge is 0.381 e. The Balaban J connectivity index is 2.12. The van der Waals surface area contributed by atoms with Crippen LogP contribution in [0.1, 0.15) is 32.6 Å². The molecule has 1 aromatic carbocycles. The van der Waals surface area contributed by atoms with Crippen LogP contribution in [-0.2, 0) is 0 Å². The fourth-order valence-corrected chi connectivity index (χ4v) is 2.69. The molecule has 98 valence electrons. The zero-order valence-electron chi connectivity index (χ0n) is 10.4. The van der Waals surface area contributed by atoms with Gasteiger partial charge in [-0.1, -0.05) is 31.4 Å². The highest BCUT2D eigenvalue weighted by Crippen LogP contribution is 2.31. The van der Waals surface area contributed by atoms with E-state index in [-0.39, 0.29) is 5.69 Å². The highest BCUT2D eigenvalue weighted by Gasteiger charge is 2.20. The van der Waals surface area contributed by atoms with Crippen molar-refractivity contribution in [3.8, 4) is 0 Å². The van der Waals surface area contributed by atoms with Crippen LogP contribution in [0.25, 0.3) is 0 Å². The van der Waals surface area contributed by atoms with E-state index in [9.17, 15) is 10.1 Å². The molecule has 0 spiro atoms. The lowest BCUT2D eigenvalue weighted by Crippen LogP contribution is -2.26. The molecule has 2 atom stereocenters. The van der Waals surface area contributed by atoms with E-state index in [0.29, 0.717) is 22.7 Å². The summed E-state index contributed by atoms with van der Waals surface area (Å²) in [6, 6.07) is 4.89. The van der Waals surface area contributed by atoms with Crippen LogP contribution in [0.3, 0.4) is 0 Å². The highest BCUT2D eigenvalue weighted by atomic mass is 35.5. The quantitative estimate of drug-likeness (QED) is 0.659. The van der Waals surface area contributed by atoms with Crippen LogP contribution in [0.4, 0.5) is 11.4 Å². The van der Waals surface area contributed by atoms with E-state index in [4.69, 9.17) is 11.6 Å². The molecule has 1 saturated carbocycles. The molecule has 2 rings (SSSR count). The van der Waals surface area contributed by atoms with Crippen molar-refractivity contribution in [2.75, 3.05) is 5.32 Å². The van der Waals surface area contributed by atoms with Crippen molar-refractivity contribution >= 4 is 23.0 Å². The Morgan fingerprint density at radius 2 is 2.22 bits per heavy atom. The van der Waals surface area contributed by atoms with Crippen molar-refractivity contribution in [2.24, 2.45) is 5.92 Å². The number of nitrogens with zero attached hydrogens (tertiary/aromatic N) is 1. The fourth-order valence-electron chi connectivity index (χ4n) is 2.52. The van der Waals surface area contributed by atoms with Crippen molar-refractivity contribution in [1.29, 1.82) is 0 Å². The van der Waals surface area contributed by atoms with Crippen LogP contribution >= 0.6 is 11.6 Å². The van der Waals surface area contributed by atoms with Gasteiger partial charge in [-0.3, -0.25) is 10.1 Å². The first-order chi connectivity index (χ1) is 8.56. The first kappa shape index (κ1) is 13.1. The summed E-state index contributed by atoms with van der Waals surface area (Å²) >= 11 is 6.07. The molecule has 4 nitrogen and oxygen atoms in total. The number of nitro groups is 1. The lowest BCUT2D eigenvalue weighted by atomic mass is 9.87. The van der Waals surface area contributed by atoms with Gasteiger partial charge in [0, 0.05) is 18.2 Å². The maximum atomic E-state index is 10.7. The van der Waals surface area contributed by atoms with Crippen LogP contribution in [0.15, 0.2) is 18.2 Å². The third kappa shape index (κ3) is 3.13. The van der Waals surface area contributed by atoms with Crippen molar-refractivity contribution < 1.29 is 4.92 Å². The van der Waals surface area contributed by atoms with Gasteiger partial charge in [0.1, 0.15) is 0 Å². The molecule has 1 aliphatic carbocycles. The molecule has 1 fully saturated rings. The predicted molar refractivity (Wildman–Crippen MR) is 73.1 cm³/mol. The molecule has 0 aromatic heterocycles. The number of hydrogen-bond donors (Lipinski definition) is 1. The number of nitro benzene ring substituents is 1. The van der Waals surface area contributed by atoms with Gasteiger partial charge in [0.2, 0.25) is 0 Å². The van der Waals surface area contributed by atoms with Crippen LogP contribution in [-0.4, -0.2) is 11.0 Å². The molecule has 0 aliphatic heterocycles. The van der Waals surface area contributed by atoms with Crippen LogP contribution in [0.5, 0.6) is 0 Å². The summed E-state index contributed by atoms with van der Waals surface area (Å²) in [5, 5.41) is 14.6. The number of anilines is 1. The first-order valence-corrected chi connectivity index (χ1v) is 6.64. The van der Waals surface area contributed by atoms with Crippen molar-refractivity contribution in [3.05, 3.63) is 33.3 Å². The Morgan fingerprint density at radius 3 is 2.89 bits per heavy atom. The van der Waals surface area contributed by atoms with Gasteiger partial charge in [-0.15, -0.1) is 0 Å². The van der Waals surface area contributed by atoms with Crippen molar-refractivity contribution in [1.82, 2.24) is 0 Å². The second-order valence-corrected chi connectivity index (χ2v) is 5.44. The molecule has 0 heterocycles. The van der Waals surface area contributed by atoms with Gasteiger partial charge in [-0.2, -0.15) is 0 Å². The number of benzene rings is 1. The molecular formula is C13H17ClN2O2. The second-order valence-electron chi connectivity index (χ2n) is 5.03. The van der Waals surface area contributed by atoms with Crippen LogP contribution < -0.4 is 5.32 Å². The lowest BCUT2D eigenvalue weighted by molar-refractivity contribution is -0.384. The summed E-state index contributed by atoms with van der Waals surface area (Å²) in [5.41, 5.74) is 0.746. The Bertz CT molecular complexity index is 451. The molecule has 0 saturated heterocycles. The average molecular weight is 269 g/mol. The second kappa shape index (κ2) is 5.57. The van der Waals surface area contributed by atoms with E-state index in [0.717, 1.165) is 12.8 Å². The maximum Gasteiger partial charge on any atom is 0.271 e. The standard InChI is InChI=1S/C13H17ClN2O2/c1-9-3-2-4-10(7-9)15-13-8-11(16(17)18)5-6-12(13)14/h5-6,8-10,15H,2-4,7H2,1H3. The van der Waals surface area contributed by atoms with Crippen molar-refractivity contribution in [3.63, 3.8) is 0 Å². The van der Waals surface area contributed by atoms with Crippen LogP contribution in [0.2, 0.25) is 5.02 Å². The van der Waals surface area contributed by atoms with Crippen molar-refractivity contribution in [2.45, 2.75) is 38.6 Å². The van der Waals surface area contributed by atoms with E-state index in [1.165, 1.54) is 25.0 Å². The van der Waals surface area contributed by atoms with Gasteiger partial charge in [0.25, 0.3) is 5.69 Å². The van der Waals surface area contributed by atoms with Gasteiger partial charge in [-0.05, 0) is 24.8 Å². The zero-order valence-corrected chi connectivity index (χ0v) is 11.1. The third-order valence-corrected chi connectivity index (χ3v) is 3.79. The van der Waals surface area contributed by atoms with Gasteiger partial charge in [-0.25, -0.2) is 0 Å². The number of rotatable bonds is 3. The maximum absolute atomic E-state index is 10.7. The first-order valence-electron chi connectivity index (χ1n) is 6.26. The number of halogens is 1. The minimum Gasteiger partial charge on any atom is -0.381 e. The molecule has 18 heavy (non-hydrogen) atoms. The molecule has 0 bridgehead atoms. The molecule has 5 heteroatoms. The van der Waals surface area contributed by atoms with E-state index in [1.54, 1.807) is 6.07 Å². The molecule has 1 N–H and O–H groups in total. The average Bonchev–Trinajstić information content (AvgIpc) is 2.31. The number of non-ortho nitro benzene ring substituents is 1. The van der Waals surface area contributed by atoms with Gasteiger partial charge < -0.3 is 5.32 Å². The van der Waals surface area contributed by atoms with E-state index >= 15 is 0 Å². The highest BCUT2D eigenvalue weighted by molar-refractivity contribution is 6.33. The van der Waals surface area contributed by atoms with E-state index < -0.39 is 4.92 Å². The summed E-state index contributed by atoms with van der Waals surface area (Å²) in [6.45, 7) is 2.24. The molecule has 0 radical (unpaired) electrons. The Hall–Kier alpha value is -1.29. The smallest absolute Gasteiger partial charge is 0.271 e. The molecule has 2 unspecified atom stereocenters. The Morgan fingerprint density at radius 1 is 1.44 bits per heavy atom. The molecule has 1 aromatic rings. The summed E-state index contributed by atoms with van der Waals surface area (Å²) in [4.78, 5) is 10.3. The molecular weight excluding hydrogens is 252 g/mol. The predicted octanol–water partition coefficient (Wildman–Crippen LogP) is 4.24. The normalized spacial score (nSPS) is 23.7. The number of hydrogen-bond acceptors (Lipinski definition) is 3. The summed E-state index contributed by atoms with van der Waals surface area (Å²) in [5.74, 6) is 0.703. The minimum atomic E-state index is -0.398. The monoisotopic (exact) mass is 268 g/mol. The van der Waals surface area contributed by atoms with E-state index in [1.807, 2.05) is 0 Å². The fraction of sp³-hybridized carbons (Fsp3) is 0.538. The molecule has 0 amide bonds. The SMILES string of the molecule is CC1CCCC(Nc2cc([N+](=O)[O-])ccc2Cl)C1. The zero-order chi connectivity index (χ0) is 13.1. The third-order valence-electron chi connectivity index (χ3n) is 3.46. The minimum absolute atomic E-state index is 0.0748. The summed E-state index contributed by atoms with van der Waals surface area (Å²) < 4.78 is 0. The van der Waals surface area contributed by atoms with Crippen LogP contribution in [0, 0.1) is 16.0 Å². The van der Waals surface area contributed by atoms with Gasteiger partial charge in [0.15, 0.2) is 0 Å². The van der Waals surface area contributed by atoms with E-state index in [2.05, 4.69) is 12.2 Å². The number of nitrogens with one attached hydrogen (secondary N) is 1. The molecule has 1 aliphatic rings. The summed E-state index contributed by atoms with van der Waals surface area (Å²) in [7, 11) is 0. The Kier molecular flexibility index (Phi) is 4.07. The van der Waals surface area contributed by atoms with Gasteiger partial charge >= 0.3 is 0 Å². The topological polar surface area (TPSA) is 55.2 Å². The summed E-state index contributed by atoms with van der Waals surface area (Å²) in [6.07, 6.45) is 4.66. The lowest BCUT2D eigenvalue weighted by Gasteiger charge is -2.28.